The molecule has 98 valence electrons. The van der Waals surface area contributed by atoms with Gasteiger partial charge in [-0.05, 0) is 45.8 Å². The van der Waals surface area contributed by atoms with E-state index < -0.39 is 0 Å². The SMILES string of the molecule is COc1cccc(CC(=O)Nc2cccnc2Br)c1. The van der Waals surface area contributed by atoms with Crippen molar-refractivity contribution >= 4 is 27.5 Å². The lowest BCUT2D eigenvalue weighted by molar-refractivity contribution is -0.115. The van der Waals surface area contributed by atoms with Crippen molar-refractivity contribution in [3.63, 3.8) is 0 Å². The van der Waals surface area contributed by atoms with E-state index in [-0.39, 0.29) is 5.91 Å². The molecule has 1 aromatic heterocycles. The summed E-state index contributed by atoms with van der Waals surface area (Å²) >= 11 is 3.29. The zero-order valence-corrected chi connectivity index (χ0v) is 12.0. The first-order valence-corrected chi connectivity index (χ1v) is 6.51. The molecular formula is C14H13BrN2O2. The number of methoxy groups -OCH3 is 1. The number of rotatable bonds is 4. The highest BCUT2D eigenvalue weighted by atomic mass is 79.9. The minimum Gasteiger partial charge on any atom is -0.497 e. The maximum absolute atomic E-state index is 11.9. The van der Waals surface area contributed by atoms with Crippen LogP contribution in [0.1, 0.15) is 5.56 Å². The van der Waals surface area contributed by atoms with Crippen molar-refractivity contribution in [2.75, 3.05) is 12.4 Å². The summed E-state index contributed by atoms with van der Waals surface area (Å²) in [5, 5.41) is 2.81. The predicted octanol–water partition coefficient (Wildman–Crippen LogP) is 3.03. The molecule has 0 saturated heterocycles. The second-order valence-corrected chi connectivity index (χ2v) is 4.67. The number of ether oxygens (including phenoxy) is 1. The van der Waals surface area contributed by atoms with E-state index in [0.29, 0.717) is 16.7 Å². The fourth-order valence-electron chi connectivity index (χ4n) is 1.64. The van der Waals surface area contributed by atoms with Gasteiger partial charge in [-0.1, -0.05) is 12.1 Å². The molecule has 1 aromatic carbocycles. The second-order valence-electron chi connectivity index (χ2n) is 3.92. The molecule has 5 heteroatoms. The lowest BCUT2D eigenvalue weighted by atomic mass is 10.1. The van der Waals surface area contributed by atoms with E-state index in [9.17, 15) is 4.79 Å². The number of carbonyl (C=O) groups excluding carboxylic acids is 1. The van der Waals surface area contributed by atoms with E-state index in [4.69, 9.17) is 4.74 Å². The molecule has 0 bridgehead atoms. The Kier molecular flexibility index (Phi) is 4.52. The lowest BCUT2D eigenvalue weighted by Gasteiger charge is -2.07. The first-order chi connectivity index (χ1) is 9.19. The molecule has 0 fully saturated rings. The molecule has 0 aliphatic carbocycles. The van der Waals surface area contributed by atoms with Crippen molar-refractivity contribution in [1.82, 2.24) is 4.98 Å². The van der Waals surface area contributed by atoms with Gasteiger partial charge >= 0.3 is 0 Å². The van der Waals surface area contributed by atoms with Gasteiger partial charge in [-0.25, -0.2) is 4.98 Å². The van der Waals surface area contributed by atoms with Gasteiger partial charge in [-0.3, -0.25) is 4.79 Å². The third-order valence-corrected chi connectivity index (χ3v) is 3.16. The summed E-state index contributed by atoms with van der Waals surface area (Å²) in [6, 6.07) is 11.0. The average molecular weight is 321 g/mol. The molecule has 0 aliphatic rings. The molecular weight excluding hydrogens is 308 g/mol. The normalized spacial score (nSPS) is 10.0. The van der Waals surface area contributed by atoms with Gasteiger partial charge in [0, 0.05) is 6.20 Å². The Morgan fingerprint density at radius 1 is 1.37 bits per heavy atom. The third-order valence-electron chi connectivity index (χ3n) is 2.53. The minimum absolute atomic E-state index is 0.0954. The van der Waals surface area contributed by atoms with Crippen molar-refractivity contribution in [3.05, 3.63) is 52.8 Å². The van der Waals surface area contributed by atoms with Crippen molar-refractivity contribution < 1.29 is 9.53 Å². The highest BCUT2D eigenvalue weighted by Gasteiger charge is 2.07. The predicted molar refractivity (Wildman–Crippen MR) is 77.3 cm³/mol. The van der Waals surface area contributed by atoms with Crippen LogP contribution in [0.25, 0.3) is 0 Å². The number of hydrogen-bond donors (Lipinski definition) is 1. The maximum Gasteiger partial charge on any atom is 0.228 e. The first kappa shape index (κ1) is 13.5. The fraction of sp³-hybridized carbons (Fsp3) is 0.143. The summed E-state index contributed by atoms with van der Waals surface area (Å²) in [7, 11) is 1.60. The van der Waals surface area contributed by atoms with Gasteiger partial charge in [0.2, 0.25) is 5.91 Å². The third kappa shape index (κ3) is 3.79. The number of carbonyl (C=O) groups is 1. The number of benzene rings is 1. The molecule has 4 nitrogen and oxygen atoms in total. The van der Waals surface area contributed by atoms with Gasteiger partial charge in [-0.15, -0.1) is 0 Å². The number of anilines is 1. The molecule has 19 heavy (non-hydrogen) atoms. The van der Waals surface area contributed by atoms with Crippen LogP contribution in [-0.4, -0.2) is 18.0 Å². The number of aromatic nitrogens is 1. The van der Waals surface area contributed by atoms with Crippen molar-refractivity contribution in [1.29, 1.82) is 0 Å². The van der Waals surface area contributed by atoms with E-state index in [1.54, 1.807) is 25.4 Å². The number of hydrogen-bond acceptors (Lipinski definition) is 3. The second kappa shape index (κ2) is 6.33. The summed E-state index contributed by atoms with van der Waals surface area (Å²) < 4.78 is 5.74. The Balaban J connectivity index is 2.03. The van der Waals surface area contributed by atoms with E-state index in [2.05, 4.69) is 26.2 Å². The first-order valence-electron chi connectivity index (χ1n) is 5.72. The van der Waals surface area contributed by atoms with Crippen molar-refractivity contribution in [2.24, 2.45) is 0 Å². The number of amides is 1. The molecule has 2 aromatic rings. The van der Waals surface area contributed by atoms with Crippen LogP contribution in [0.15, 0.2) is 47.2 Å². The van der Waals surface area contributed by atoms with Crippen LogP contribution in [0.3, 0.4) is 0 Å². The molecule has 1 heterocycles. The van der Waals surface area contributed by atoms with E-state index >= 15 is 0 Å². The Morgan fingerprint density at radius 3 is 2.95 bits per heavy atom. The number of nitrogens with one attached hydrogen (secondary N) is 1. The average Bonchev–Trinajstić information content (AvgIpc) is 2.41. The van der Waals surface area contributed by atoms with Gasteiger partial charge in [0.1, 0.15) is 10.4 Å². The van der Waals surface area contributed by atoms with Crippen molar-refractivity contribution in [2.45, 2.75) is 6.42 Å². The molecule has 2 rings (SSSR count). The van der Waals surface area contributed by atoms with Crippen LogP contribution < -0.4 is 10.1 Å². The molecule has 0 saturated carbocycles. The molecule has 1 N–H and O–H groups in total. The quantitative estimate of drug-likeness (QED) is 0.881. The van der Waals surface area contributed by atoms with Gasteiger partial charge < -0.3 is 10.1 Å². The number of halogens is 1. The van der Waals surface area contributed by atoms with Crippen LogP contribution in [0.4, 0.5) is 5.69 Å². The maximum atomic E-state index is 11.9. The minimum atomic E-state index is -0.0954. The Hall–Kier alpha value is -1.88. The fourth-order valence-corrected chi connectivity index (χ4v) is 1.99. The number of pyridine rings is 1. The Labute approximate surface area is 119 Å². The van der Waals surface area contributed by atoms with Crippen LogP contribution in [0.5, 0.6) is 5.75 Å². The molecule has 0 spiro atoms. The number of nitrogens with zero attached hydrogens (tertiary/aromatic N) is 1. The molecule has 0 radical (unpaired) electrons. The van der Waals surface area contributed by atoms with E-state index in [1.165, 1.54) is 0 Å². The van der Waals surface area contributed by atoms with Crippen LogP contribution in [-0.2, 0) is 11.2 Å². The largest absolute Gasteiger partial charge is 0.497 e. The Bertz CT molecular complexity index is 587. The van der Waals surface area contributed by atoms with Gasteiger partial charge in [0.25, 0.3) is 0 Å². The summed E-state index contributed by atoms with van der Waals surface area (Å²) in [6.07, 6.45) is 1.94. The molecule has 0 unspecified atom stereocenters. The summed E-state index contributed by atoms with van der Waals surface area (Å²) in [5.74, 6) is 0.648. The molecule has 0 atom stereocenters. The van der Waals surface area contributed by atoms with Crippen molar-refractivity contribution in [3.8, 4) is 5.75 Å². The summed E-state index contributed by atoms with van der Waals surface area (Å²) in [5.41, 5.74) is 1.56. The topological polar surface area (TPSA) is 51.2 Å². The van der Waals surface area contributed by atoms with Gasteiger partial charge in [-0.2, -0.15) is 0 Å². The van der Waals surface area contributed by atoms with Gasteiger partial charge in [0.15, 0.2) is 0 Å². The lowest BCUT2D eigenvalue weighted by Crippen LogP contribution is -2.14. The standard InChI is InChI=1S/C14H13BrN2O2/c1-19-11-5-2-4-10(8-11)9-13(18)17-12-6-3-7-16-14(12)15/h2-8H,9H2,1H3,(H,17,18). The van der Waals surface area contributed by atoms with Crippen LogP contribution >= 0.6 is 15.9 Å². The van der Waals surface area contributed by atoms with E-state index in [1.807, 2.05) is 24.3 Å². The van der Waals surface area contributed by atoms with Crippen LogP contribution in [0.2, 0.25) is 0 Å². The molecule has 1 amide bonds. The van der Waals surface area contributed by atoms with Gasteiger partial charge in [0.05, 0.1) is 19.2 Å². The zero-order valence-electron chi connectivity index (χ0n) is 10.4. The monoisotopic (exact) mass is 320 g/mol. The zero-order chi connectivity index (χ0) is 13.7. The van der Waals surface area contributed by atoms with Crippen LogP contribution in [0, 0.1) is 0 Å². The Morgan fingerprint density at radius 2 is 2.21 bits per heavy atom. The summed E-state index contributed by atoms with van der Waals surface area (Å²) in [6.45, 7) is 0. The smallest absolute Gasteiger partial charge is 0.228 e. The van der Waals surface area contributed by atoms with E-state index in [0.717, 1.165) is 11.3 Å². The molecule has 0 aliphatic heterocycles. The highest BCUT2D eigenvalue weighted by Crippen LogP contribution is 2.19. The summed E-state index contributed by atoms with van der Waals surface area (Å²) in [4.78, 5) is 16.0. The highest BCUT2D eigenvalue weighted by molar-refractivity contribution is 9.10.